The van der Waals surface area contributed by atoms with Crippen LogP contribution in [0.1, 0.15) is 38.8 Å². The van der Waals surface area contributed by atoms with E-state index in [0.717, 1.165) is 33.5 Å². The topological polar surface area (TPSA) is 25.8 Å². The maximum Gasteiger partial charge on any atom is 0.160 e. The number of fused-ring (bicyclic) bond motifs is 4. The zero-order valence-corrected chi connectivity index (χ0v) is 23.4. The Bertz CT molecular complexity index is 1880. The fourth-order valence-electron chi connectivity index (χ4n) is 6.43. The summed E-state index contributed by atoms with van der Waals surface area (Å²) in [6.07, 6.45) is 0. The van der Waals surface area contributed by atoms with Gasteiger partial charge in [0.1, 0.15) is 0 Å². The highest BCUT2D eigenvalue weighted by molar-refractivity contribution is 5.94. The van der Waals surface area contributed by atoms with Crippen molar-refractivity contribution in [2.75, 3.05) is 0 Å². The van der Waals surface area contributed by atoms with Crippen LogP contribution in [0.5, 0.6) is 0 Å². The predicted octanol–water partition coefficient (Wildman–Crippen LogP) is 9.87. The van der Waals surface area contributed by atoms with Gasteiger partial charge in [0.15, 0.2) is 5.82 Å². The van der Waals surface area contributed by atoms with Gasteiger partial charge in [-0.05, 0) is 50.9 Å². The van der Waals surface area contributed by atoms with Crippen molar-refractivity contribution in [2.24, 2.45) is 0 Å². The van der Waals surface area contributed by atoms with Crippen molar-refractivity contribution in [3.05, 3.63) is 132 Å². The Morgan fingerprint density at radius 1 is 0.475 bits per heavy atom. The molecule has 0 bridgehead atoms. The lowest BCUT2D eigenvalue weighted by molar-refractivity contribution is 0.300. The summed E-state index contributed by atoms with van der Waals surface area (Å²) >= 11 is 0. The molecule has 0 saturated heterocycles. The van der Waals surface area contributed by atoms with Crippen LogP contribution in [-0.2, 0) is 10.8 Å². The minimum Gasteiger partial charge on any atom is -0.228 e. The monoisotopic (exact) mass is 516 g/mol. The highest BCUT2D eigenvalue weighted by atomic mass is 14.9. The number of aromatic nitrogens is 2. The molecular formula is C38H32N2. The summed E-state index contributed by atoms with van der Waals surface area (Å²) in [5.74, 6) is 0.753. The highest BCUT2D eigenvalue weighted by Gasteiger charge is 2.47. The number of benzene rings is 5. The lowest BCUT2D eigenvalue weighted by Gasteiger charge is -2.49. The van der Waals surface area contributed by atoms with E-state index in [1.807, 2.05) is 12.1 Å². The molecule has 6 aromatic rings. The smallest absolute Gasteiger partial charge is 0.160 e. The standard InChI is InChI=1S/C38H32N2/c1-37(2)32-23-22-27(36-39-33-21-12-11-18-30(33)35(40-36)26-16-9-6-10-17-26)24-31(32)29-20-13-19-28(34(29)38(37,3)4)25-14-7-5-8-15-25/h5-24H,1-4H3. The third-order valence-corrected chi connectivity index (χ3v) is 9.23. The van der Waals surface area contributed by atoms with Crippen LogP contribution in [0.25, 0.3) is 55.8 Å². The second-order valence-corrected chi connectivity index (χ2v) is 11.9. The molecule has 2 heteroatoms. The third-order valence-electron chi connectivity index (χ3n) is 9.23. The molecule has 5 aromatic carbocycles. The van der Waals surface area contributed by atoms with E-state index < -0.39 is 0 Å². The highest BCUT2D eigenvalue weighted by Crippen LogP contribution is 2.56. The van der Waals surface area contributed by atoms with Crippen molar-refractivity contribution in [2.45, 2.75) is 38.5 Å². The fourth-order valence-corrected chi connectivity index (χ4v) is 6.43. The van der Waals surface area contributed by atoms with Gasteiger partial charge in [0.05, 0.1) is 11.2 Å². The molecule has 0 spiro atoms. The molecule has 0 unspecified atom stereocenters. The predicted molar refractivity (Wildman–Crippen MR) is 167 cm³/mol. The Labute approximate surface area is 236 Å². The first-order valence-corrected chi connectivity index (χ1v) is 14.0. The van der Waals surface area contributed by atoms with Crippen molar-refractivity contribution < 1.29 is 0 Å². The van der Waals surface area contributed by atoms with Crippen LogP contribution >= 0.6 is 0 Å². The van der Waals surface area contributed by atoms with Crippen molar-refractivity contribution in [1.29, 1.82) is 0 Å². The average molecular weight is 517 g/mol. The molecule has 0 amide bonds. The number of para-hydroxylation sites is 1. The van der Waals surface area contributed by atoms with Crippen LogP contribution in [0.4, 0.5) is 0 Å². The molecule has 0 fully saturated rings. The SMILES string of the molecule is CC1(C)c2ccc(-c3nc(-c4ccccc4)c4ccccc4n3)cc2-c2cccc(-c3ccccc3)c2C1(C)C. The maximum atomic E-state index is 5.17. The largest absolute Gasteiger partial charge is 0.228 e. The van der Waals surface area contributed by atoms with Crippen LogP contribution in [-0.4, -0.2) is 9.97 Å². The van der Waals surface area contributed by atoms with Crippen LogP contribution < -0.4 is 0 Å². The molecule has 1 aliphatic carbocycles. The zero-order chi connectivity index (χ0) is 27.5. The van der Waals surface area contributed by atoms with Crippen molar-refractivity contribution in [3.8, 4) is 44.9 Å². The second kappa shape index (κ2) is 8.99. The Morgan fingerprint density at radius 2 is 1.12 bits per heavy atom. The van der Waals surface area contributed by atoms with Gasteiger partial charge >= 0.3 is 0 Å². The summed E-state index contributed by atoms with van der Waals surface area (Å²) in [7, 11) is 0. The minimum atomic E-state index is -0.0851. The second-order valence-electron chi connectivity index (χ2n) is 11.9. The zero-order valence-electron chi connectivity index (χ0n) is 23.4. The third kappa shape index (κ3) is 3.63. The summed E-state index contributed by atoms with van der Waals surface area (Å²) in [5, 5.41) is 1.07. The van der Waals surface area contributed by atoms with Crippen molar-refractivity contribution >= 4 is 10.9 Å². The van der Waals surface area contributed by atoms with E-state index in [0.29, 0.717) is 0 Å². The molecule has 0 aliphatic heterocycles. The summed E-state index contributed by atoms with van der Waals surface area (Å²) in [6.45, 7) is 9.56. The Hall–Kier alpha value is -4.56. The summed E-state index contributed by atoms with van der Waals surface area (Å²) < 4.78 is 0. The molecule has 1 aliphatic rings. The van der Waals surface area contributed by atoms with E-state index in [1.54, 1.807) is 0 Å². The molecule has 40 heavy (non-hydrogen) atoms. The van der Waals surface area contributed by atoms with E-state index in [2.05, 4.69) is 137 Å². The summed E-state index contributed by atoms with van der Waals surface area (Å²) in [5.41, 5.74) is 11.8. The van der Waals surface area contributed by atoms with Gasteiger partial charge in [0.25, 0.3) is 0 Å². The number of hydrogen-bond donors (Lipinski definition) is 0. The van der Waals surface area contributed by atoms with Gasteiger partial charge in [-0.25, -0.2) is 9.97 Å². The van der Waals surface area contributed by atoms with Crippen molar-refractivity contribution in [1.82, 2.24) is 9.97 Å². The van der Waals surface area contributed by atoms with Crippen LogP contribution in [0, 0.1) is 0 Å². The molecule has 1 aromatic heterocycles. The van der Waals surface area contributed by atoms with Gasteiger partial charge < -0.3 is 0 Å². The van der Waals surface area contributed by atoms with Gasteiger partial charge in [-0.3, -0.25) is 0 Å². The van der Waals surface area contributed by atoms with Crippen molar-refractivity contribution in [3.63, 3.8) is 0 Å². The van der Waals surface area contributed by atoms with Gasteiger partial charge in [0.2, 0.25) is 0 Å². The van der Waals surface area contributed by atoms with Gasteiger partial charge in [0, 0.05) is 21.9 Å². The van der Waals surface area contributed by atoms with Gasteiger partial charge in [-0.15, -0.1) is 0 Å². The van der Waals surface area contributed by atoms with E-state index in [9.17, 15) is 0 Å². The Balaban J connectivity index is 1.48. The van der Waals surface area contributed by atoms with Gasteiger partial charge in [-0.2, -0.15) is 0 Å². The average Bonchev–Trinajstić information content (AvgIpc) is 3.00. The molecule has 2 nitrogen and oxygen atoms in total. The normalized spacial score (nSPS) is 14.9. The lowest BCUT2D eigenvalue weighted by atomic mass is 9.54. The number of nitrogens with zero attached hydrogens (tertiary/aromatic N) is 2. The molecule has 7 rings (SSSR count). The Kier molecular flexibility index (Phi) is 5.50. The van der Waals surface area contributed by atoms with E-state index >= 15 is 0 Å². The number of rotatable bonds is 3. The molecule has 0 atom stereocenters. The lowest BCUT2D eigenvalue weighted by Crippen LogP contribution is -2.44. The minimum absolute atomic E-state index is 0.0801. The fraction of sp³-hybridized carbons (Fsp3) is 0.158. The molecular weight excluding hydrogens is 484 g/mol. The van der Waals surface area contributed by atoms with Crippen LogP contribution in [0.2, 0.25) is 0 Å². The first-order valence-electron chi connectivity index (χ1n) is 14.0. The quantitative estimate of drug-likeness (QED) is 0.234. The number of hydrogen-bond acceptors (Lipinski definition) is 2. The van der Waals surface area contributed by atoms with Crippen LogP contribution in [0.15, 0.2) is 121 Å². The summed E-state index contributed by atoms with van der Waals surface area (Å²) in [4.78, 5) is 10.2. The first kappa shape index (κ1) is 24.5. The van der Waals surface area contributed by atoms with E-state index in [-0.39, 0.29) is 10.8 Å². The summed E-state index contributed by atoms with van der Waals surface area (Å²) in [6, 6.07) is 43.1. The van der Waals surface area contributed by atoms with Gasteiger partial charge in [-0.1, -0.05) is 137 Å². The molecule has 0 N–H and O–H groups in total. The molecule has 0 radical (unpaired) electrons. The first-order chi connectivity index (χ1) is 19.4. The molecule has 0 saturated carbocycles. The molecule has 194 valence electrons. The van der Waals surface area contributed by atoms with E-state index in [4.69, 9.17) is 9.97 Å². The Morgan fingerprint density at radius 3 is 1.88 bits per heavy atom. The van der Waals surface area contributed by atoms with Crippen LogP contribution in [0.3, 0.4) is 0 Å². The van der Waals surface area contributed by atoms with E-state index in [1.165, 1.54) is 33.4 Å². The maximum absolute atomic E-state index is 5.17. The molecule has 1 heterocycles.